The minimum atomic E-state index is -0.249. The summed E-state index contributed by atoms with van der Waals surface area (Å²) >= 11 is 0. The molecule has 1 aromatic carbocycles. The van der Waals surface area contributed by atoms with Crippen molar-refractivity contribution in [2.45, 2.75) is 6.92 Å². The molecule has 0 spiro atoms. The first-order valence-electron chi connectivity index (χ1n) is 9.24. The number of aliphatic hydroxyl groups excluding tert-OH is 1. The predicted molar refractivity (Wildman–Crippen MR) is 118 cm³/mol. The molecule has 0 amide bonds. The second kappa shape index (κ2) is 11.5. The largest absolute Gasteiger partial charge is 0.494 e. The third-order valence-electron chi connectivity index (χ3n) is 4.29. The van der Waals surface area contributed by atoms with Crippen molar-refractivity contribution >= 4 is 31.2 Å². The number of allylic oxidation sites excluding steroid dienone is 1. The summed E-state index contributed by atoms with van der Waals surface area (Å²) in [4.78, 5) is 20.9. The Morgan fingerprint density at radius 1 is 1.41 bits per heavy atom. The molecule has 0 aromatic heterocycles. The van der Waals surface area contributed by atoms with Crippen molar-refractivity contribution in [1.82, 2.24) is 10.6 Å². The van der Waals surface area contributed by atoms with Gasteiger partial charge in [-0.1, -0.05) is 0 Å². The van der Waals surface area contributed by atoms with Gasteiger partial charge in [0.1, 0.15) is 5.75 Å². The van der Waals surface area contributed by atoms with Gasteiger partial charge in [0.2, 0.25) is 5.88 Å². The number of ether oxygens (including phenoxy) is 1. The maximum Gasteiger partial charge on any atom is 0.298 e. The number of aliphatic imine (C=N–C) groups is 2. The van der Waals surface area contributed by atoms with Gasteiger partial charge < -0.3 is 25.4 Å². The van der Waals surface area contributed by atoms with E-state index in [2.05, 4.69) is 38.8 Å². The fourth-order valence-corrected chi connectivity index (χ4v) is 2.87. The standard InChI is InChI=1S/C21H27N5O3/c1-16(20(22-3)14-24-6-7-25-17(2)28)12-18-4-5-19(13-21(18)29-15-27)26-10-8-23-9-11-26/h4-5,7,12-15,23-24,28H,2-3,6,8-11H2,1H3/b16-12+,20-14-,25-7-. The first-order chi connectivity index (χ1) is 14.0. The molecule has 154 valence electrons. The molecule has 29 heavy (non-hydrogen) atoms. The Morgan fingerprint density at radius 2 is 2.17 bits per heavy atom. The maximum absolute atomic E-state index is 11.0. The van der Waals surface area contributed by atoms with Crippen LogP contribution < -0.4 is 20.3 Å². The van der Waals surface area contributed by atoms with E-state index in [1.165, 1.54) is 6.21 Å². The Labute approximate surface area is 171 Å². The number of hydrogen-bond acceptors (Lipinski definition) is 8. The molecule has 1 aromatic rings. The number of hydrogen-bond donors (Lipinski definition) is 3. The first-order valence-corrected chi connectivity index (χ1v) is 9.24. The van der Waals surface area contributed by atoms with Crippen LogP contribution in [0.4, 0.5) is 5.69 Å². The van der Waals surface area contributed by atoms with E-state index in [1.54, 1.807) is 6.20 Å². The van der Waals surface area contributed by atoms with Gasteiger partial charge >= 0.3 is 0 Å². The van der Waals surface area contributed by atoms with E-state index in [0.29, 0.717) is 24.5 Å². The third-order valence-corrected chi connectivity index (χ3v) is 4.29. The van der Waals surface area contributed by atoms with Gasteiger partial charge in [-0.15, -0.1) is 0 Å². The molecule has 0 aliphatic carbocycles. The molecule has 0 saturated carbocycles. The van der Waals surface area contributed by atoms with Gasteiger partial charge in [-0.2, -0.15) is 0 Å². The van der Waals surface area contributed by atoms with Gasteiger partial charge in [0.05, 0.1) is 12.2 Å². The van der Waals surface area contributed by atoms with Crippen LogP contribution in [0, 0.1) is 0 Å². The van der Waals surface area contributed by atoms with Gasteiger partial charge in [-0.05, 0) is 44.0 Å². The second-order valence-corrected chi connectivity index (χ2v) is 6.32. The molecular formula is C21H27N5O3. The molecule has 1 aliphatic heterocycles. The molecule has 1 fully saturated rings. The summed E-state index contributed by atoms with van der Waals surface area (Å²) in [5.41, 5.74) is 3.24. The number of aliphatic hydroxyl groups is 1. The fraction of sp³-hybridized carbons (Fsp3) is 0.286. The number of carbonyl (C=O) groups is 1. The first kappa shape index (κ1) is 21.9. The summed E-state index contributed by atoms with van der Waals surface area (Å²) in [6.45, 7) is 13.2. The molecule has 1 saturated heterocycles. The van der Waals surface area contributed by atoms with Crippen molar-refractivity contribution < 1.29 is 14.6 Å². The van der Waals surface area contributed by atoms with Gasteiger partial charge in [0.15, 0.2) is 0 Å². The van der Waals surface area contributed by atoms with Crippen molar-refractivity contribution in [3.8, 4) is 5.75 Å². The lowest BCUT2D eigenvalue weighted by molar-refractivity contribution is -0.120. The van der Waals surface area contributed by atoms with E-state index < -0.39 is 0 Å². The Kier molecular flexibility index (Phi) is 8.65. The molecular weight excluding hydrogens is 370 g/mol. The molecule has 1 heterocycles. The van der Waals surface area contributed by atoms with E-state index in [4.69, 9.17) is 9.84 Å². The van der Waals surface area contributed by atoms with E-state index in [0.717, 1.165) is 43.0 Å². The number of benzene rings is 1. The van der Waals surface area contributed by atoms with E-state index in [9.17, 15) is 4.79 Å². The minimum Gasteiger partial charge on any atom is -0.494 e. The number of carbonyl (C=O) groups excluding carboxylic acids is 1. The fourth-order valence-electron chi connectivity index (χ4n) is 2.87. The van der Waals surface area contributed by atoms with Crippen molar-refractivity contribution in [3.63, 3.8) is 0 Å². The summed E-state index contributed by atoms with van der Waals surface area (Å²) in [6, 6.07) is 5.82. The van der Waals surface area contributed by atoms with E-state index in [-0.39, 0.29) is 5.88 Å². The van der Waals surface area contributed by atoms with Gasteiger partial charge in [0.25, 0.3) is 6.47 Å². The van der Waals surface area contributed by atoms with Gasteiger partial charge in [-0.25, -0.2) is 4.99 Å². The quantitative estimate of drug-likeness (QED) is 0.184. The number of rotatable bonds is 10. The van der Waals surface area contributed by atoms with Crippen molar-refractivity contribution in [2.24, 2.45) is 9.98 Å². The van der Waals surface area contributed by atoms with E-state index in [1.807, 2.05) is 31.2 Å². The maximum atomic E-state index is 11.0. The highest BCUT2D eigenvalue weighted by molar-refractivity contribution is 5.69. The lowest BCUT2D eigenvalue weighted by Crippen LogP contribution is -2.43. The highest BCUT2D eigenvalue weighted by Gasteiger charge is 2.13. The van der Waals surface area contributed by atoms with Crippen molar-refractivity contribution in [1.29, 1.82) is 0 Å². The molecule has 3 N–H and O–H groups in total. The SMILES string of the molecule is C=NC(=C\NC/C=N\C(=C)O)/C(C)=C/c1ccc(N2CCNCC2)cc1OC=O. The van der Waals surface area contributed by atoms with Crippen LogP contribution in [0.25, 0.3) is 6.08 Å². The summed E-state index contributed by atoms with van der Waals surface area (Å²) in [5.74, 6) is 0.237. The highest BCUT2D eigenvalue weighted by Crippen LogP contribution is 2.29. The Bertz CT molecular complexity index is 824. The summed E-state index contributed by atoms with van der Waals surface area (Å²) < 4.78 is 5.22. The third kappa shape index (κ3) is 6.93. The highest BCUT2D eigenvalue weighted by atomic mass is 16.5. The Morgan fingerprint density at radius 3 is 2.83 bits per heavy atom. The number of piperazine rings is 1. The summed E-state index contributed by atoms with van der Waals surface area (Å²) in [5, 5.41) is 15.2. The second-order valence-electron chi connectivity index (χ2n) is 6.32. The Balaban J connectivity index is 2.19. The average Bonchev–Trinajstić information content (AvgIpc) is 2.72. The van der Waals surface area contributed by atoms with Crippen LogP contribution in [-0.4, -0.2) is 57.2 Å². The van der Waals surface area contributed by atoms with Crippen LogP contribution in [0.2, 0.25) is 0 Å². The molecule has 8 nitrogen and oxygen atoms in total. The van der Waals surface area contributed by atoms with E-state index >= 15 is 0 Å². The van der Waals surface area contributed by atoms with Crippen LogP contribution in [-0.2, 0) is 4.79 Å². The molecule has 0 unspecified atom stereocenters. The molecule has 0 radical (unpaired) electrons. The van der Waals surface area contributed by atoms with Crippen LogP contribution in [0.15, 0.2) is 58.1 Å². The van der Waals surface area contributed by atoms with Crippen molar-refractivity contribution in [3.05, 3.63) is 53.7 Å². The minimum absolute atomic E-state index is 0.249. The number of nitrogens with one attached hydrogen (secondary N) is 2. The lowest BCUT2D eigenvalue weighted by Gasteiger charge is -2.29. The molecule has 1 aliphatic rings. The van der Waals surface area contributed by atoms with Crippen molar-refractivity contribution in [2.75, 3.05) is 37.6 Å². The molecule has 0 atom stereocenters. The average molecular weight is 397 g/mol. The topological polar surface area (TPSA) is 98.6 Å². The van der Waals surface area contributed by atoms with Gasteiger partial charge in [0, 0.05) is 55.9 Å². The lowest BCUT2D eigenvalue weighted by atomic mass is 10.1. The van der Waals surface area contributed by atoms with Gasteiger partial charge in [-0.3, -0.25) is 9.79 Å². The number of nitrogens with zero attached hydrogens (tertiary/aromatic N) is 3. The molecule has 2 rings (SSSR count). The zero-order valence-corrected chi connectivity index (χ0v) is 16.6. The zero-order chi connectivity index (χ0) is 21.1. The van der Waals surface area contributed by atoms with Crippen LogP contribution in [0.5, 0.6) is 5.75 Å². The Hall–Kier alpha value is -3.39. The monoisotopic (exact) mass is 397 g/mol. The zero-order valence-electron chi connectivity index (χ0n) is 16.6. The smallest absolute Gasteiger partial charge is 0.298 e. The number of anilines is 1. The van der Waals surface area contributed by atoms with Crippen LogP contribution >= 0.6 is 0 Å². The molecule has 0 bridgehead atoms. The summed E-state index contributed by atoms with van der Waals surface area (Å²) in [7, 11) is 0. The molecule has 8 heteroatoms. The van der Waals surface area contributed by atoms with Crippen LogP contribution in [0.3, 0.4) is 0 Å². The predicted octanol–water partition coefficient (Wildman–Crippen LogP) is 2.27. The normalized spacial score (nSPS) is 15.3. The summed E-state index contributed by atoms with van der Waals surface area (Å²) in [6.07, 6.45) is 5.07. The van der Waals surface area contributed by atoms with Crippen LogP contribution in [0.1, 0.15) is 12.5 Å².